The lowest BCUT2D eigenvalue weighted by atomic mass is 10.1. The fourth-order valence-corrected chi connectivity index (χ4v) is 3.15. The first-order chi connectivity index (χ1) is 10.3. The fourth-order valence-electron chi connectivity index (χ4n) is 2.66. The molecule has 1 atom stereocenters. The van der Waals surface area contributed by atoms with E-state index < -0.39 is 15.9 Å². The Morgan fingerprint density at radius 1 is 1.36 bits per heavy atom. The number of hydrogen-bond donors (Lipinski definition) is 1. The number of hydrogen-bond acceptors (Lipinski definition) is 4. The number of sulfonamides is 1. The van der Waals surface area contributed by atoms with Crippen molar-refractivity contribution < 1.29 is 18.0 Å². The van der Waals surface area contributed by atoms with Gasteiger partial charge in [-0.05, 0) is 24.5 Å². The van der Waals surface area contributed by atoms with Gasteiger partial charge < -0.3 is 4.90 Å². The summed E-state index contributed by atoms with van der Waals surface area (Å²) in [5.74, 6) is -0.572. The van der Waals surface area contributed by atoms with Crippen molar-refractivity contribution in [3.8, 4) is 0 Å². The first-order valence-corrected chi connectivity index (χ1v) is 9.00. The van der Waals surface area contributed by atoms with E-state index in [1.807, 2.05) is 35.9 Å². The number of nitrogens with one attached hydrogen (secondary N) is 1. The molecule has 1 aromatic rings. The van der Waals surface area contributed by atoms with Crippen LogP contribution in [-0.4, -0.2) is 37.4 Å². The van der Waals surface area contributed by atoms with Crippen LogP contribution in [0.15, 0.2) is 24.3 Å². The van der Waals surface area contributed by atoms with Crippen LogP contribution < -0.4 is 4.72 Å². The van der Waals surface area contributed by atoms with E-state index in [-0.39, 0.29) is 18.4 Å². The van der Waals surface area contributed by atoms with Gasteiger partial charge in [0.05, 0.1) is 6.26 Å². The van der Waals surface area contributed by atoms with E-state index in [1.165, 1.54) is 0 Å². The predicted molar refractivity (Wildman–Crippen MR) is 82.4 cm³/mol. The molecule has 120 valence electrons. The maximum absolute atomic E-state index is 12.0. The molecule has 0 saturated carbocycles. The number of carbonyl (C=O) groups excluding carboxylic acids is 2. The monoisotopic (exact) mass is 324 g/mol. The molecule has 22 heavy (non-hydrogen) atoms. The van der Waals surface area contributed by atoms with Crippen molar-refractivity contribution in [2.45, 2.75) is 38.8 Å². The Morgan fingerprint density at radius 2 is 2.05 bits per heavy atom. The SMILES string of the molecule is Cc1ccccc1CN1C(=O)CCC1CC(=O)NS(C)(=O)=O. The quantitative estimate of drug-likeness (QED) is 0.874. The van der Waals surface area contributed by atoms with E-state index in [1.54, 1.807) is 4.90 Å². The number of aryl methyl sites for hydroxylation is 1. The molecule has 1 N–H and O–H groups in total. The van der Waals surface area contributed by atoms with E-state index in [4.69, 9.17) is 0 Å². The standard InChI is InChI=1S/C15H20N2O4S/c1-11-5-3-4-6-12(11)10-17-13(7-8-15(17)19)9-14(18)16-22(2,20)21/h3-6,13H,7-10H2,1-2H3,(H,16,18). The Balaban J connectivity index is 2.07. The first kappa shape index (κ1) is 16.5. The van der Waals surface area contributed by atoms with Gasteiger partial charge >= 0.3 is 0 Å². The zero-order chi connectivity index (χ0) is 16.3. The van der Waals surface area contributed by atoms with Crippen molar-refractivity contribution in [3.05, 3.63) is 35.4 Å². The van der Waals surface area contributed by atoms with Gasteiger partial charge in [0.2, 0.25) is 21.8 Å². The molecule has 1 unspecified atom stereocenters. The van der Waals surface area contributed by atoms with Gasteiger partial charge in [0.25, 0.3) is 0 Å². The lowest BCUT2D eigenvalue weighted by Crippen LogP contribution is -2.38. The molecular weight excluding hydrogens is 304 g/mol. The Labute approximate surface area is 130 Å². The number of nitrogens with zero attached hydrogens (tertiary/aromatic N) is 1. The summed E-state index contributed by atoms with van der Waals surface area (Å²) < 4.78 is 24.1. The summed E-state index contributed by atoms with van der Waals surface area (Å²) >= 11 is 0. The van der Waals surface area contributed by atoms with Gasteiger partial charge in [0.1, 0.15) is 0 Å². The summed E-state index contributed by atoms with van der Waals surface area (Å²) in [6.07, 6.45) is 1.91. The molecule has 0 aromatic heterocycles. The number of amides is 2. The van der Waals surface area contributed by atoms with E-state index >= 15 is 0 Å². The minimum atomic E-state index is -3.56. The van der Waals surface area contributed by atoms with Crippen molar-refractivity contribution in [1.82, 2.24) is 9.62 Å². The molecular formula is C15H20N2O4S. The van der Waals surface area contributed by atoms with Crippen LogP contribution in [0.4, 0.5) is 0 Å². The van der Waals surface area contributed by atoms with Crippen molar-refractivity contribution in [3.63, 3.8) is 0 Å². The van der Waals surface area contributed by atoms with E-state index in [0.717, 1.165) is 17.4 Å². The molecule has 0 radical (unpaired) electrons. The summed E-state index contributed by atoms with van der Waals surface area (Å²) in [7, 11) is -3.56. The molecule has 6 nitrogen and oxygen atoms in total. The zero-order valence-corrected chi connectivity index (χ0v) is 13.5. The van der Waals surface area contributed by atoms with Crippen LogP contribution in [0.2, 0.25) is 0 Å². The molecule has 7 heteroatoms. The highest BCUT2D eigenvalue weighted by atomic mass is 32.2. The summed E-state index contributed by atoms with van der Waals surface area (Å²) in [5.41, 5.74) is 2.12. The normalized spacial score (nSPS) is 18.5. The second-order valence-corrected chi connectivity index (χ2v) is 7.39. The van der Waals surface area contributed by atoms with Gasteiger partial charge in [-0.2, -0.15) is 0 Å². The molecule has 1 saturated heterocycles. The summed E-state index contributed by atoms with van der Waals surface area (Å²) in [4.78, 5) is 25.5. The van der Waals surface area contributed by atoms with Crippen LogP contribution in [0.1, 0.15) is 30.4 Å². The minimum Gasteiger partial charge on any atom is -0.335 e. The lowest BCUT2D eigenvalue weighted by molar-refractivity contribution is -0.130. The third-order valence-electron chi connectivity index (χ3n) is 3.77. The fraction of sp³-hybridized carbons (Fsp3) is 0.467. The van der Waals surface area contributed by atoms with Crippen LogP contribution >= 0.6 is 0 Å². The molecule has 2 amide bonds. The van der Waals surface area contributed by atoms with E-state index in [2.05, 4.69) is 0 Å². The summed E-state index contributed by atoms with van der Waals surface area (Å²) in [6.45, 7) is 2.42. The van der Waals surface area contributed by atoms with Crippen molar-refractivity contribution in [1.29, 1.82) is 0 Å². The highest BCUT2D eigenvalue weighted by Gasteiger charge is 2.32. The molecule has 1 heterocycles. The van der Waals surface area contributed by atoms with Crippen LogP contribution in [0.25, 0.3) is 0 Å². The smallest absolute Gasteiger partial charge is 0.235 e. The zero-order valence-electron chi connectivity index (χ0n) is 12.7. The molecule has 2 rings (SSSR count). The first-order valence-electron chi connectivity index (χ1n) is 7.11. The Hall–Kier alpha value is -1.89. The third kappa shape index (κ3) is 4.30. The lowest BCUT2D eigenvalue weighted by Gasteiger charge is -2.25. The van der Waals surface area contributed by atoms with E-state index in [0.29, 0.717) is 19.4 Å². The van der Waals surface area contributed by atoms with Crippen molar-refractivity contribution >= 4 is 21.8 Å². The molecule has 0 spiro atoms. The molecule has 0 aliphatic carbocycles. The molecule has 1 aliphatic heterocycles. The van der Waals surface area contributed by atoms with Gasteiger partial charge in [-0.25, -0.2) is 8.42 Å². The number of likely N-dealkylation sites (tertiary alicyclic amines) is 1. The summed E-state index contributed by atoms with van der Waals surface area (Å²) in [5, 5.41) is 0. The molecule has 1 aliphatic rings. The average Bonchev–Trinajstić information content (AvgIpc) is 2.72. The number of benzene rings is 1. The van der Waals surface area contributed by atoms with Crippen LogP contribution in [-0.2, 0) is 26.2 Å². The van der Waals surface area contributed by atoms with Crippen molar-refractivity contribution in [2.75, 3.05) is 6.26 Å². The third-order valence-corrected chi connectivity index (χ3v) is 4.37. The van der Waals surface area contributed by atoms with Gasteiger partial charge in [-0.3, -0.25) is 14.3 Å². The van der Waals surface area contributed by atoms with Crippen molar-refractivity contribution in [2.24, 2.45) is 0 Å². The molecule has 1 fully saturated rings. The van der Waals surface area contributed by atoms with Gasteiger partial charge in [-0.15, -0.1) is 0 Å². The predicted octanol–water partition coefficient (Wildman–Crippen LogP) is 0.952. The largest absolute Gasteiger partial charge is 0.335 e. The number of rotatable bonds is 5. The molecule has 0 bridgehead atoms. The average molecular weight is 324 g/mol. The Morgan fingerprint density at radius 3 is 2.68 bits per heavy atom. The Kier molecular flexibility index (Phi) is 4.85. The maximum Gasteiger partial charge on any atom is 0.235 e. The van der Waals surface area contributed by atoms with Gasteiger partial charge in [-0.1, -0.05) is 24.3 Å². The highest BCUT2D eigenvalue weighted by molar-refractivity contribution is 7.89. The topological polar surface area (TPSA) is 83.6 Å². The maximum atomic E-state index is 12.0. The van der Waals surface area contributed by atoms with Gasteiger partial charge in [0.15, 0.2) is 0 Å². The van der Waals surface area contributed by atoms with Crippen LogP contribution in [0.3, 0.4) is 0 Å². The summed E-state index contributed by atoms with van der Waals surface area (Å²) in [6, 6.07) is 7.51. The van der Waals surface area contributed by atoms with Gasteiger partial charge in [0, 0.05) is 25.4 Å². The molecule has 1 aromatic carbocycles. The van der Waals surface area contributed by atoms with Crippen LogP contribution in [0, 0.1) is 6.92 Å². The Bertz CT molecular complexity index is 685. The highest BCUT2D eigenvalue weighted by Crippen LogP contribution is 2.24. The second kappa shape index (κ2) is 6.48. The second-order valence-electron chi connectivity index (χ2n) is 5.64. The van der Waals surface area contributed by atoms with Crippen LogP contribution in [0.5, 0.6) is 0 Å². The minimum absolute atomic E-state index is 0.000378. The van der Waals surface area contributed by atoms with E-state index in [9.17, 15) is 18.0 Å². The number of carbonyl (C=O) groups is 2.